The van der Waals surface area contributed by atoms with Crippen molar-refractivity contribution >= 4 is 5.97 Å². The van der Waals surface area contributed by atoms with Gasteiger partial charge in [0.25, 0.3) is 0 Å². The molecule has 0 aromatic heterocycles. The number of piperidine rings is 1. The molecule has 2 aliphatic heterocycles. The summed E-state index contributed by atoms with van der Waals surface area (Å²) in [7, 11) is 1.41. The maximum Gasteiger partial charge on any atom is 0.313 e. The van der Waals surface area contributed by atoms with Gasteiger partial charge in [0.15, 0.2) is 0 Å². The topological polar surface area (TPSA) is 59.0 Å². The van der Waals surface area contributed by atoms with Gasteiger partial charge in [-0.15, -0.1) is 0 Å². The third kappa shape index (κ3) is 1.95. The molecule has 2 saturated heterocycles. The summed E-state index contributed by atoms with van der Waals surface area (Å²) in [6, 6.07) is 0.0633. The standard InChI is InChI=1S/C11H19NO4/c1-7-10(11(14)15-2)9-5-8(6-13)3-4-12(9)16-7/h7-10,13H,3-6H2,1-2H3/t7-,8-,9-,10-/m1/s1. The zero-order chi connectivity index (χ0) is 11.7. The monoisotopic (exact) mass is 229 g/mol. The first-order valence-electron chi connectivity index (χ1n) is 5.79. The number of hydrogen-bond donors (Lipinski definition) is 1. The highest BCUT2D eigenvalue weighted by Crippen LogP contribution is 2.36. The molecular weight excluding hydrogens is 210 g/mol. The molecule has 2 heterocycles. The minimum absolute atomic E-state index is 0.0633. The zero-order valence-electron chi connectivity index (χ0n) is 9.76. The lowest BCUT2D eigenvalue weighted by atomic mass is 9.84. The first-order valence-corrected chi connectivity index (χ1v) is 5.79. The average molecular weight is 229 g/mol. The van der Waals surface area contributed by atoms with E-state index in [1.807, 2.05) is 12.0 Å². The molecule has 0 bridgehead atoms. The number of aliphatic hydroxyl groups excluding tert-OH is 1. The summed E-state index contributed by atoms with van der Waals surface area (Å²) in [5.74, 6) is -0.153. The molecule has 2 aliphatic rings. The van der Waals surface area contributed by atoms with E-state index < -0.39 is 0 Å². The molecule has 0 aliphatic carbocycles. The highest BCUT2D eigenvalue weighted by atomic mass is 16.7. The van der Waals surface area contributed by atoms with E-state index in [-0.39, 0.29) is 36.6 Å². The summed E-state index contributed by atoms with van der Waals surface area (Å²) in [5, 5.41) is 11.1. The number of carbonyl (C=O) groups is 1. The molecule has 0 aromatic carbocycles. The third-order valence-corrected chi connectivity index (χ3v) is 3.66. The number of aliphatic hydroxyl groups is 1. The maximum atomic E-state index is 11.7. The third-order valence-electron chi connectivity index (χ3n) is 3.66. The van der Waals surface area contributed by atoms with Crippen LogP contribution in [0.1, 0.15) is 19.8 Å². The molecule has 92 valence electrons. The molecular formula is C11H19NO4. The Kier molecular flexibility index (Phi) is 3.47. The summed E-state index contributed by atoms with van der Waals surface area (Å²) in [6.07, 6.45) is 1.60. The number of carbonyl (C=O) groups excluding carboxylic acids is 1. The fourth-order valence-electron chi connectivity index (χ4n) is 2.75. The first-order chi connectivity index (χ1) is 7.67. The van der Waals surface area contributed by atoms with E-state index in [1.54, 1.807) is 0 Å². The number of ether oxygens (including phenoxy) is 1. The van der Waals surface area contributed by atoms with Crippen molar-refractivity contribution in [2.24, 2.45) is 11.8 Å². The van der Waals surface area contributed by atoms with Crippen LogP contribution < -0.4 is 0 Å². The van der Waals surface area contributed by atoms with Gasteiger partial charge in [0, 0.05) is 13.2 Å². The number of hydroxylamine groups is 2. The molecule has 2 rings (SSSR count). The van der Waals surface area contributed by atoms with Crippen LogP contribution in [0.2, 0.25) is 0 Å². The number of esters is 1. The van der Waals surface area contributed by atoms with Crippen molar-refractivity contribution in [2.45, 2.75) is 31.9 Å². The van der Waals surface area contributed by atoms with Crippen molar-refractivity contribution in [2.75, 3.05) is 20.3 Å². The van der Waals surface area contributed by atoms with E-state index in [4.69, 9.17) is 9.57 Å². The van der Waals surface area contributed by atoms with E-state index in [2.05, 4.69) is 0 Å². The van der Waals surface area contributed by atoms with Crippen LogP contribution in [0.15, 0.2) is 0 Å². The quantitative estimate of drug-likeness (QED) is 0.685. The number of fused-ring (bicyclic) bond motifs is 1. The van der Waals surface area contributed by atoms with E-state index in [0.29, 0.717) is 0 Å². The molecule has 0 amide bonds. The van der Waals surface area contributed by atoms with Crippen LogP contribution in [-0.4, -0.2) is 48.5 Å². The number of hydrogen-bond acceptors (Lipinski definition) is 5. The molecule has 0 aromatic rings. The predicted molar refractivity (Wildman–Crippen MR) is 56.4 cm³/mol. The van der Waals surface area contributed by atoms with Gasteiger partial charge in [-0.2, -0.15) is 5.06 Å². The minimum Gasteiger partial charge on any atom is -0.469 e. The van der Waals surface area contributed by atoms with Gasteiger partial charge >= 0.3 is 5.97 Å². The Bertz CT molecular complexity index is 271. The van der Waals surface area contributed by atoms with Crippen LogP contribution >= 0.6 is 0 Å². The molecule has 2 fully saturated rings. The van der Waals surface area contributed by atoms with Gasteiger partial charge in [-0.1, -0.05) is 0 Å². The summed E-state index contributed by atoms with van der Waals surface area (Å²) < 4.78 is 4.81. The molecule has 0 unspecified atom stereocenters. The summed E-state index contributed by atoms with van der Waals surface area (Å²) in [5.41, 5.74) is 0. The number of nitrogens with zero attached hydrogens (tertiary/aromatic N) is 1. The molecule has 4 atom stereocenters. The van der Waals surface area contributed by atoms with Gasteiger partial charge in [0.2, 0.25) is 0 Å². The highest BCUT2D eigenvalue weighted by molar-refractivity contribution is 5.74. The molecule has 1 N–H and O–H groups in total. The van der Waals surface area contributed by atoms with E-state index in [9.17, 15) is 9.90 Å². The Morgan fingerprint density at radius 1 is 1.62 bits per heavy atom. The van der Waals surface area contributed by atoms with Crippen LogP contribution in [0.25, 0.3) is 0 Å². The van der Waals surface area contributed by atoms with Crippen molar-refractivity contribution in [1.82, 2.24) is 5.06 Å². The molecule has 5 nitrogen and oxygen atoms in total. The van der Waals surface area contributed by atoms with Crippen LogP contribution in [0.4, 0.5) is 0 Å². The highest BCUT2D eigenvalue weighted by Gasteiger charge is 2.48. The van der Waals surface area contributed by atoms with Gasteiger partial charge in [-0.25, -0.2) is 0 Å². The molecule has 0 radical (unpaired) electrons. The van der Waals surface area contributed by atoms with Gasteiger partial charge in [0.1, 0.15) is 5.92 Å². The fraction of sp³-hybridized carbons (Fsp3) is 0.909. The summed E-state index contributed by atoms with van der Waals surface area (Å²) in [4.78, 5) is 17.3. The second-order valence-electron chi connectivity index (χ2n) is 4.64. The molecule has 0 spiro atoms. The summed E-state index contributed by atoms with van der Waals surface area (Å²) in [6.45, 7) is 2.87. The number of methoxy groups -OCH3 is 1. The van der Waals surface area contributed by atoms with Crippen molar-refractivity contribution in [1.29, 1.82) is 0 Å². The largest absolute Gasteiger partial charge is 0.469 e. The van der Waals surface area contributed by atoms with Gasteiger partial charge in [-0.05, 0) is 25.7 Å². The lowest BCUT2D eigenvalue weighted by Gasteiger charge is -2.33. The smallest absolute Gasteiger partial charge is 0.313 e. The fourth-order valence-corrected chi connectivity index (χ4v) is 2.75. The van der Waals surface area contributed by atoms with Crippen LogP contribution in [0, 0.1) is 11.8 Å². The van der Waals surface area contributed by atoms with Crippen LogP contribution in [-0.2, 0) is 14.4 Å². The minimum atomic E-state index is -0.223. The average Bonchev–Trinajstić information content (AvgIpc) is 2.63. The SMILES string of the molecule is COC(=O)[C@H]1[C@H]2C[C@H](CO)CCN2O[C@@H]1C. The second kappa shape index (κ2) is 4.69. The van der Waals surface area contributed by atoms with Gasteiger partial charge < -0.3 is 9.84 Å². The van der Waals surface area contributed by atoms with Crippen molar-refractivity contribution in [3.63, 3.8) is 0 Å². The van der Waals surface area contributed by atoms with Crippen LogP contribution in [0.5, 0.6) is 0 Å². The normalized spacial score (nSPS) is 39.4. The maximum absolute atomic E-state index is 11.7. The lowest BCUT2D eigenvalue weighted by molar-refractivity contribution is -0.174. The second-order valence-corrected chi connectivity index (χ2v) is 4.64. The van der Waals surface area contributed by atoms with Gasteiger partial charge in [0.05, 0.1) is 19.3 Å². The van der Waals surface area contributed by atoms with Crippen molar-refractivity contribution < 1.29 is 19.5 Å². The zero-order valence-corrected chi connectivity index (χ0v) is 9.76. The Morgan fingerprint density at radius 3 is 3.00 bits per heavy atom. The van der Waals surface area contributed by atoms with Crippen LogP contribution in [0.3, 0.4) is 0 Å². The van der Waals surface area contributed by atoms with E-state index in [1.165, 1.54) is 7.11 Å². The Balaban J connectivity index is 2.10. The predicted octanol–water partition coefficient (Wildman–Crippen LogP) is 0.182. The van der Waals surface area contributed by atoms with E-state index in [0.717, 1.165) is 19.4 Å². The van der Waals surface area contributed by atoms with Gasteiger partial charge in [-0.3, -0.25) is 9.63 Å². The Morgan fingerprint density at radius 2 is 2.38 bits per heavy atom. The molecule has 16 heavy (non-hydrogen) atoms. The lowest BCUT2D eigenvalue weighted by Crippen LogP contribution is -2.43. The number of rotatable bonds is 2. The Labute approximate surface area is 95.3 Å². The summed E-state index contributed by atoms with van der Waals surface area (Å²) >= 11 is 0. The van der Waals surface area contributed by atoms with Crippen molar-refractivity contribution in [3.8, 4) is 0 Å². The Hall–Kier alpha value is -0.650. The van der Waals surface area contributed by atoms with Crippen molar-refractivity contribution in [3.05, 3.63) is 0 Å². The first kappa shape index (κ1) is 11.8. The van der Waals surface area contributed by atoms with E-state index >= 15 is 0 Å². The molecule has 5 heteroatoms. The molecule has 0 saturated carbocycles.